The van der Waals surface area contributed by atoms with E-state index in [0.717, 1.165) is 19.3 Å². The van der Waals surface area contributed by atoms with Crippen LogP contribution >= 0.6 is 0 Å². The van der Waals surface area contributed by atoms with E-state index < -0.39 is 0 Å². The lowest BCUT2D eigenvalue weighted by molar-refractivity contribution is -0.191. The lowest BCUT2D eigenvalue weighted by atomic mass is 10.1. The molecule has 0 aromatic heterocycles. The second-order valence-corrected chi connectivity index (χ2v) is 5.52. The van der Waals surface area contributed by atoms with Crippen LogP contribution in [0.1, 0.15) is 78.1 Å². The van der Waals surface area contributed by atoms with Crippen LogP contribution in [0.5, 0.6) is 0 Å². The van der Waals surface area contributed by atoms with Gasteiger partial charge in [-0.1, -0.05) is 88.8 Å². The zero-order valence-corrected chi connectivity index (χ0v) is 14.9. The van der Waals surface area contributed by atoms with Gasteiger partial charge in [-0.05, 0) is 25.7 Å². The third kappa shape index (κ3) is 25.8. The minimum atomic E-state index is -0.277. The molecule has 0 aromatic carbocycles. The van der Waals surface area contributed by atoms with Crippen LogP contribution in [0.15, 0.2) is 36.5 Å². The van der Waals surface area contributed by atoms with Crippen molar-refractivity contribution in [2.24, 2.45) is 0 Å². The lowest BCUT2D eigenvalue weighted by Crippen LogP contribution is -2.00. The van der Waals surface area contributed by atoms with Gasteiger partial charge in [-0.15, -0.1) is 0 Å². The molecule has 0 unspecified atom stereocenters. The van der Waals surface area contributed by atoms with Gasteiger partial charge in [-0.25, -0.2) is 0 Å². The Labute approximate surface area is 142 Å². The normalized spacial score (nSPS) is 12.5. The highest BCUT2D eigenvalue weighted by atomic mass is 16.3. The maximum Gasteiger partial charge on any atom is 0.373 e. The smallest absolute Gasteiger partial charge is 0.373 e. The van der Waals surface area contributed by atoms with Crippen LogP contribution in [0.25, 0.3) is 0 Å². The molecule has 132 valence electrons. The summed E-state index contributed by atoms with van der Waals surface area (Å²) in [7, 11) is 0. The van der Waals surface area contributed by atoms with Gasteiger partial charge in [0.05, 0.1) is 6.10 Å². The molecule has 0 heterocycles. The average molecular weight is 322 g/mol. The van der Waals surface area contributed by atoms with Crippen molar-refractivity contribution in [3.63, 3.8) is 0 Å². The van der Waals surface area contributed by atoms with E-state index in [0.29, 0.717) is 0 Å². The van der Waals surface area contributed by atoms with Crippen LogP contribution in [-0.4, -0.2) is 17.4 Å². The van der Waals surface area contributed by atoms with Crippen molar-refractivity contribution < 1.29 is 14.7 Å². The van der Waals surface area contributed by atoms with Gasteiger partial charge in [0, 0.05) is 0 Å². The second kappa shape index (κ2) is 22.8. The Balaban J connectivity index is 0. The van der Waals surface area contributed by atoms with Gasteiger partial charge >= 0.3 is 6.15 Å². The number of hydrogen-bond acceptors (Lipinski definition) is 3. The van der Waals surface area contributed by atoms with E-state index in [1.807, 2.05) is 18.2 Å². The zero-order valence-electron chi connectivity index (χ0n) is 14.9. The first-order valence-electron chi connectivity index (χ1n) is 8.88. The minimum absolute atomic E-state index is 0.250. The van der Waals surface area contributed by atoms with Crippen LogP contribution < -0.4 is 0 Å². The molecule has 23 heavy (non-hydrogen) atoms. The molecule has 0 radical (unpaired) electrons. The minimum Gasteiger partial charge on any atom is -0.389 e. The summed E-state index contributed by atoms with van der Waals surface area (Å²) in [4.78, 5) is 16.2. The van der Waals surface area contributed by atoms with Crippen LogP contribution in [0.4, 0.5) is 0 Å². The second-order valence-electron chi connectivity index (χ2n) is 5.52. The Morgan fingerprint density at radius 2 is 1.52 bits per heavy atom. The summed E-state index contributed by atoms with van der Waals surface area (Å²) in [5.74, 6) is 0. The van der Waals surface area contributed by atoms with E-state index in [1.54, 1.807) is 0 Å². The molecule has 1 atom stereocenters. The van der Waals surface area contributed by atoms with Crippen LogP contribution in [0.2, 0.25) is 0 Å². The van der Waals surface area contributed by atoms with Crippen molar-refractivity contribution >= 4 is 6.15 Å². The molecule has 0 rings (SSSR count). The highest BCUT2D eigenvalue weighted by Crippen LogP contribution is 2.06. The molecule has 0 aliphatic rings. The third-order valence-electron chi connectivity index (χ3n) is 3.35. The van der Waals surface area contributed by atoms with Crippen molar-refractivity contribution in [2.75, 3.05) is 0 Å². The summed E-state index contributed by atoms with van der Waals surface area (Å²) in [6.07, 6.45) is 24.4. The first kappa shape index (κ1) is 23.8. The predicted molar refractivity (Wildman–Crippen MR) is 96.0 cm³/mol. The fourth-order valence-corrected chi connectivity index (χ4v) is 2.03. The number of aliphatic hydroxyl groups excluding tert-OH is 1. The van der Waals surface area contributed by atoms with E-state index in [-0.39, 0.29) is 12.3 Å². The molecule has 3 nitrogen and oxygen atoms in total. The number of rotatable bonds is 13. The maximum atomic E-state index is 9.74. The standard InChI is InChI=1S/C19H34O.CO2/c1-3-5-7-9-10-11-12-13-14-16-18-19(20)17-15-8-6-4-2;2-1-3/h10-11,13-14,16,18-20H,3-9,12,15,17H2,1-2H3;/b11-10-,14-13-,18-16+;/t19-;/m0./s1. The van der Waals surface area contributed by atoms with Crippen molar-refractivity contribution in [2.45, 2.75) is 84.2 Å². The SMILES string of the molecule is CCCCC/C=C\C/C=C\C=C\[C@@H](O)CCCCCC.O=C=O. The van der Waals surface area contributed by atoms with Crippen LogP contribution in [-0.2, 0) is 9.59 Å². The van der Waals surface area contributed by atoms with Crippen molar-refractivity contribution in [3.8, 4) is 0 Å². The largest absolute Gasteiger partial charge is 0.389 e. The van der Waals surface area contributed by atoms with Crippen molar-refractivity contribution in [3.05, 3.63) is 36.5 Å². The number of allylic oxidation sites excluding steroid dienone is 5. The molecule has 1 N–H and O–H groups in total. The number of carbonyl (C=O) groups excluding carboxylic acids is 2. The molecule has 0 fully saturated rings. The van der Waals surface area contributed by atoms with Gasteiger partial charge in [0.15, 0.2) is 0 Å². The molecule has 0 saturated heterocycles. The van der Waals surface area contributed by atoms with E-state index in [1.165, 1.54) is 44.9 Å². The summed E-state index contributed by atoms with van der Waals surface area (Å²) >= 11 is 0. The molecule has 0 aromatic rings. The van der Waals surface area contributed by atoms with Gasteiger partial charge in [-0.2, -0.15) is 9.59 Å². The third-order valence-corrected chi connectivity index (χ3v) is 3.35. The predicted octanol–water partition coefficient (Wildman–Crippen LogP) is 5.37. The Morgan fingerprint density at radius 1 is 0.870 bits per heavy atom. The number of unbranched alkanes of at least 4 members (excludes halogenated alkanes) is 6. The van der Waals surface area contributed by atoms with Gasteiger partial charge in [0.1, 0.15) is 0 Å². The van der Waals surface area contributed by atoms with Gasteiger partial charge in [-0.3, -0.25) is 0 Å². The van der Waals surface area contributed by atoms with E-state index in [4.69, 9.17) is 9.59 Å². The monoisotopic (exact) mass is 322 g/mol. The molecule has 0 aliphatic heterocycles. The van der Waals surface area contributed by atoms with Gasteiger partial charge in [0.2, 0.25) is 0 Å². The zero-order chi connectivity index (χ0) is 17.6. The maximum absolute atomic E-state index is 9.74. The Bertz CT molecular complexity index is 337. The van der Waals surface area contributed by atoms with E-state index in [9.17, 15) is 5.11 Å². The van der Waals surface area contributed by atoms with Gasteiger partial charge < -0.3 is 5.11 Å². The van der Waals surface area contributed by atoms with Gasteiger partial charge in [0.25, 0.3) is 0 Å². The Morgan fingerprint density at radius 3 is 2.17 bits per heavy atom. The molecule has 3 heteroatoms. The average Bonchev–Trinajstić information content (AvgIpc) is 2.54. The fraction of sp³-hybridized carbons (Fsp3) is 0.650. The van der Waals surface area contributed by atoms with Crippen molar-refractivity contribution in [1.29, 1.82) is 0 Å². The lowest BCUT2D eigenvalue weighted by Gasteiger charge is -2.03. The molecule has 0 saturated carbocycles. The topological polar surface area (TPSA) is 54.4 Å². The summed E-state index contributed by atoms with van der Waals surface area (Å²) in [6, 6.07) is 0. The van der Waals surface area contributed by atoms with E-state index >= 15 is 0 Å². The Kier molecular flexibility index (Phi) is 23.7. The first-order valence-corrected chi connectivity index (χ1v) is 8.88. The molecule has 0 spiro atoms. The molecule has 0 aliphatic carbocycles. The summed E-state index contributed by atoms with van der Waals surface area (Å²) in [5.41, 5.74) is 0. The van der Waals surface area contributed by atoms with Crippen molar-refractivity contribution in [1.82, 2.24) is 0 Å². The number of aliphatic hydroxyl groups is 1. The molecular formula is C20H34O3. The highest BCUT2D eigenvalue weighted by molar-refractivity contribution is 5.20. The summed E-state index contributed by atoms with van der Waals surface area (Å²) in [6.45, 7) is 4.44. The fourth-order valence-electron chi connectivity index (χ4n) is 2.03. The van der Waals surface area contributed by atoms with E-state index in [2.05, 4.69) is 32.1 Å². The molecule has 0 bridgehead atoms. The van der Waals surface area contributed by atoms with Crippen LogP contribution in [0, 0.1) is 0 Å². The highest BCUT2D eigenvalue weighted by Gasteiger charge is 1.97. The van der Waals surface area contributed by atoms with Crippen LogP contribution in [0.3, 0.4) is 0 Å². The number of hydrogen-bond donors (Lipinski definition) is 1. The quantitative estimate of drug-likeness (QED) is 0.281. The Hall–Kier alpha value is -1.44. The summed E-state index contributed by atoms with van der Waals surface area (Å²) < 4.78 is 0. The first-order chi connectivity index (χ1) is 11.2. The summed E-state index contributed by atoms with van der Waals surface area (Å²) in [5, 5.41) is 9.74. The molecule has 0 amide bonds. The molecular weight excluding hydrogens is 288 g/mol.